The Kier molecular flexibility index (Phi) is 3.10. The number of carbonyl (C=O) groups is 1. The van der Waals surface area contributed by atoms with Gasteiger partial charge in [-0.15, -0.1) is 5.10 Å². The molecule has 1 aromatic heterocycles. The minimum absolute atomic E-state index is 0.209. The normalized spacial score (nSPS) is 29.0. The minimum Gasteiger partial charge on any atom is -0.317 e. The first-order valence-corrected chi connectivity index (χ1v) is 5.84. The lowest BCUT2D eigenvalue weighted by Gasteiger charge is -2.34. The molecule has 0 bridgehead atoms. The zero-order valence-electron chi connectivity index (χ0n) is 10.2. The van der Waals surface area contributed by atoms with E-state index in [1.807, 2.05) is 0 Å². The van der Waals surface area contributed by atoms with E-state index in [1.54, 1.807) is 7.05 Å². The highest BCUT2D eigenvalue weighted by Gasteiger charge is 2.38. The fourth-order valence-electron chi connectivity index (χ4n) is 2.36. The summed E-state index contributed by atoms with van der Waals surface area (Å²) in [4.78, 5) is 13.4. The topological polar surface area (TPSA) is 98.7 Å². The molecule has 0 radical (unpaired) electrons. The lowest BCUT2D eigenvalue weighted by molar-refractivity contribution is -0.122. The van der Waals surface area contributed by atoms with Crippen LogP contribution in [0.1, 0.15) is 32.6 Å². The van der Waals surface area contributed by atoms with Crippen molar-refractivity contribution in [3.8, 4) is 0 Å². The number of tetrazole rings is 1. The Labute approximate surface area is 99.7 Å². The molecule has 2 atom stereocenters. The molecule has 7 heteroatoms. The fraction of sp³-hybridized carbons (Fsp3) is 0.800. The molecule has 3 N–H and O–H groups in total. The maximum absolute atomic E-state index is 12.1. The molecule has 0 aliphatic heterocycles. The molecule has 1 aliphatic carbocycles. The predicted octanol–water partition coefficient (Wildman–Crippen LogP) is 0.0562. The number of nitrogens with one attached hydrogen (secondary N) is 1. The van der Waals surface area contributed by atoms with E-state index in [0.29, 0.717) is 18.8 Å². The van der Waals surface area contributed by atoms with Crippen molar-refractivity contribution in [3.63, 3.8) is 0 Å². The molecule has 2 unspecified atom stereocenters. The molecule has 94 valence electrons. The number of hydrogen-bond acceptors (Lipinski definition) is 5. The van der Waals surface area contributed by atoms with Gasteiger partial charge in [-0.25, -0.2) is 0 Å². The molecular formula is C10H18N6O. The number of nitrogens with two attached hydrogens (primary N) is 1. The van der Waals surface area contributed by atoms with Crippen LogP contribution in [0.2, 0.25) is 0 Å². The molecule has 1 aromatic rings. The van der Waals surface area contributed by atoms with Gasteiger partial charge in [0.05, 0.1) is 12.6 Å². The molecule has 7 nitrogen and oxygen atoms in total. The first-order chi connectivity index (χ1) is 7.99. The molecule has 1 aliphatic rings. The minimum atomic E-state index is -0.795. The molecule has 0 aromatic carbocycles. The van der Waals surface area contributed by atoms with Gasteiger partial charge in [-0.3, -0.25) is 10.1 Å². The van der Waals surface area contributed by atoms with E-state index in [0.717, 1.165) is 12.8 Å². The lowest BCUT2D eigenvalue weighted by Crippen LogP contribution is -2.53. The van der Waals surface area contributed by atoms with Crippen molar-refractivity contribution in [1.29, 1.82) is 0 Å². The van der Waals surface area contributed by atoms with Crippen LogP contribution < -0.4 is 11.1 Å². The van der Waals surface area contributed by atoms with E-state index < -0.39 is 5.54 Å². The SMILES string of the molecule is CC1CCCC(N)(C(=O)Nc2nnn(C)n2)C1. The largest absolute Gasteiger partial charge is 0.317 e. The molecule has 2 rings (SSSR count). The Hall–Kier alpha value is -1.50. The van der Waals surface area contributed by atoms with Crippen molar-refractivity contribution < 1.29 is 4.79 Å². The lowest BCUT2D eigenvalue weighted by atomic mass is 9.76. The Morgan fingerprint density at radius 2 is 2.41 bits per heavy atom. The highest BCUT2D eigenvalue weighted by atomic mass is 16.2. The van der Waals surface area contributed by atoms with Gasteiger partial charge >= 0.3 is 0 Å². The highest BCUT2D eigenvalue weighted by Crippen LogP contribution is 2.30. The number of amides is 1. The van der Waals surface area contributed by atoms with Gasteiger partial charge in [0.25, 0.3) is 5.95 Å². The fourth-order valence-corrected chi connectivity index (χ4v) is 2.36. The van der Waals surface area contributed by atoms with Crippen LogP contribution in [0.4, 0.5) is 5.95 Å². The van der Waals surface area contributed by atoms with Crippen LogP contribution in [0.25, 0.3) is 0 Å². The van der Waals surface area contributed by atoms with Crippen LogP contribution in [0, 0.1) is 5.92 Å². The first-order valence-electron chi connectivity index (χ1n) is 5.84. The number of aromatic nitrogens is 4. The van der Waals surface area contributed by atoms with Crippen LogP contribution in [0.5, 0.6) is 0 Å². The monoisotopic (exact) mass is 238 g/mol. The molecule has 17 heavy (non-hydrogen) atoms. The van der Waals surface area contributed by atoms with Crippen LogP contribution >= 0.6 is 0 Å². The second-order valence-electron chi connectivity index (χ2n) is 4.91. The average Bonchev–Trinajstić information content (AvgIpc) is 2.63. The summed E-state index contributed by atoms with van der Waals surface area (Å²) in [6.07, 6.45) is 3.54. The summed E-state index contributed by atoms with van der Waals surface area (Å²) in [6.45, 7) is 2.12. The number of rotatable bonds is 2. The second-order valence-corrected chi connectivity index (χ2v) is 4.91. The number of anilines is 1. The Morgan fingerprint density at radius 1 is 1.65 bits per heavy atom. The number of carbonyl (C=O) groups excluding carboxylic acids is 1. The van der Waals surface area contributed by atoms with Crippen molar-refractivity contribution in [3.05, 3.63) is 0 Å². The summed E-state index contributed by atoms with van der Waals surface area (Å²) in [5.41, 5.74) is 5.36. The van der Waals surface area contributed by atoms with Gasteiger partial charge in [0.2, 0.25) is 5.91 Å². The standard InChI is InChI=1S/C10H18N6O/c1-7-4-3-5-10(11,6-7)8(17)12-9-13-15-16(2)14-9/h7H,3-6,11H2,1-2H3,(H,12,14,17). The van der Waals surface area contributed by atoms with E-state index in [1.165, 1.54) is 4.80 Å². The summed E-state index contributed by atoms with van der Waals surface area (Å²) >= 11 is 0. The van der Waals surface area contributed by atoms with Crippen LogP contribution in [0.15, 0.2) is 0 Å². The van der Waals surface area contributed by atoms with Crippen LogP contribution in [-0.2, 0) is 11.8 Å². The predicted molar refractivity (Wildman–Crippen MR) is 62.0 cm³/mol. The maximum atomic E-state index is 12.1. The summed E-state index contributed by atoms with van der Waals surface area (Å²) < 4.78 is 0. The Bertz CT molecular complexity index is 417. The average molecular weight is 238 g/mol. The van der Waals surface area contributed by atoms with Gasteiger partial charge in [-0.05, 0) is 24.0 Å². The first kappa shape index (κ1) is 12.0. The zero-order chi connectivity index (χ0) is 12.5. The number of aryl methyl sites for hydroxylation is 1. The third-order valence-electron chi connectivity index (χ3n) is 3.22. The molecule has 1 heterocycles. The van der Waals surface area contributed by atoms with Gasteiger partial charge < -0.3 is 5.73 Å². The van der Waals surface area contributed by atoms with Crippen LogP contribution in [-0.4, -0.2) is 31.7 Å². The van der Waals surface area contributed by atoms with Crippen molar-refractivity contribution in [1.82, 2.24) is 20.2 Å². The number of hydrogen-bond donors (Lipinski definition) is 2. The van der Waals surface area contributed by atoms with Gasteiger partial charge in [0.15, 0.2) is 0 Å². The molecule has 1 saturated carbocycles. The van der Waals surface area contributed by atoms with Crippen molar-refractivity contribution >= 4 is 11.9 Å². The van der Waals surface area contributed by atoms with Gasteiger partial charge in [0.1, 0.15) is 0 Å². The van der Waals surface area contributed by atoms with Gasteiger partial charge in [-0.1, -0.05) is 24.9 Å². The Balaban J connectivity index is 2.03. The van der Waals surface area contributed by atoms with E-state index in [4.69, 9.17) is 5.73 Å². The highest BCUT2D eigenvalue weighted by molar-refractivity contribution is 5.96. The molecule has 1 amide bonds. The summed E-state index contributed by atoms with van der Waals surface area (Å²) in [6, 6.07) is 0. The third kappa shape index (κ3) is 2.60. The van der Waals surface area contributed by atoms with Crippen molar-refractivity contribution in [2.24, 2.45) is 18.7 Å². The quantitative estimate of drug-likeness (QED) is 0.758. The molecule has 0 saturated heterocycles. The number of nitrogens with zero attached hydrogens (tertiary/aromatic N) is 4. The van der Waals surface area contributed by atoms with Crippen molar-refractivity contribution in [2.75, 3.05) is 5.32 Å². The maximum Gasteiger partial charge on any atom is 0.270 e. The van der Waals surface area contributed by atoms with E-state index in [-0.39, 0.29) is 11.9 Å². The molecule has 0 spiro atoms. The third-order valence-corrected chi connectivity index (χ3v) is 3.22. The summed E-state index contributed by atoms with van der Waals surface area (Å²) in [5.74, 6) is 0.479. The summed E-state index contributed by atoms with van der Waals surface area (Å²) in [7, 11) is 1.64. The zero-order valence-corrected chi connectivity index (χ0v) is 10.2. The van der Waals surface area contributed by atoms with Gasteiger partial charge in [-0.2, -0.15) is 4.80 Å². The smallest absolute Gasteiger partial charge is 0.270 e. The second kappa shape index (κ2) is 4.40. The summed E-state index contributed by atoms with van der Waals surface area (Å²) in [5, 5.41) is 13.9. The molecule has 1 fully saturated rings. The molecular weight excluding hydrogens is 220 g/mol. The van der Waals surface area contributed by atoms with E-state index in [9.17, 15) is 4.79 Å². The van der Waals surface area contributed by atoms with Gasteiger partial charge in [0, 0.05) is 0 Å². The van der Waals surface area contributed by atoms with E-state index >= 15 is 0 Å². The van der Waals surface area contributed by atoms with Crippen LogP contribution in [0.3, 0.4) is 0 Å². The van der Waals surface area contributed by atoms with Crippen molar-refractivity contribution in [2.45, 2.75) is 38.1 Å². The van der Waals surface area contributed by atoms with E-state index in [2.05, 4.69) is 27.7 Å². The Morgan fingerprint density at radius 3 is 3.00 bits per heavy atom.